The van der Waals surface area contributed by atoms with Crippen LogP contribution in [0.4, 0.5) is 5.82 Å². The fourth-order valence-electron chi connectivity index (χ4n) is 2.27. The third-order valence-corrected chi connectivity index (χ3v) is 3.48. The molecular formula is C15H22N4. The van der Waals surface area contributed by atoms with Gasteiger partial charge in [0.25, 0.3) is 0 Å². The van der Waals surface area contributed by atoms with Gasteiger partial charge in [-0.15, -0.1) is 5.10 Å². The maximum atomic E-state index is 5.68. The van der Waals surface area contributed by atoms with E-state index in [-0.39, 0.29) is 0 Å². The Hall–Kier alpha value is -1.68. The molecule has 3 N–H and O–H groups in total. The maximum Gasteiger partial charge on any atom is 0.156 e. The van der Waals surface area contributed by atoms with Crippen molar-refractivity contribution in [1.82, 2.24) is 10.2 Å². The van der Waals surface area contributed by atoms with E-state index in [0.29, 0.717) is 18.5 Å². The van der Waals surface area contributed by atoms with Gasteiger partial charge in [-0.05, 0) is 25.8 Å². The number of nitrogens with zero attached hydrogens (tertiary/aromatic N) is 2. The van der Waals surface area contributed by atoms with Gasteiger partial charge in [-0.2, -0.15) is 5.10 Å². The highest BCUT2D eigenvalue weighted by molar-refractivity contribution is 5.92. The predicted octanol–water partition coefficient (Wildman–Crippen LogP) is 2.72. The molecule has 1 aromatic carbocycles. The molecule has 0 spiro atoms. The number of fused-ring (bicyclic) bond motifs is 1. The monoisotopic (exact) mass is 258 g/mol. The summed E-state index contributed by atoms with van der Waals surface area (Å²) in [5.74, 6) is 1.36. The number of rotatable bonds is 5. The summed E-state index contributed by atoms with van der Waals surface area (Å²) in [5.41, 5.74) is 6.64. The van der Waals surface area contributed by atoms with Crippen LogP contribution in [0, 0.1) is 12.8 Å². The van der Waals surface area contributed by atoms with E-state index in [1.165, 1.54) is 0 Å². The Balaban J connectivity index is 2.37. The summed E-state index contributed by atoms with van der Waals surface area (Å²) in [5, 5.41) is 14.3. The van der Waals surface area contributed by atoms with Crippen LogP contribution in [-0.2, 0) is 0 Å². The molecule has 2 aromatic rings. The number of hydrogen-bond donors (Lipinski definition) is 2. The largest absolute Gasteiger partial charge is 0.365 e. The highest BCUT2D eigenvalue weighted by atomic mass is 15.2. The van der Waals surface area contributed by atoms with Gasteiger partial charge in [0.1, 0.15) is 0 Å². The fourth-order valence-corrected chi connectivity index (χ4v) is 2.27. The second-order valence-corrected chi connectivity index (χ2v) is 5.25. The quantitative estimate of drug-likeness (QED) is 0.865. The molecule has 0 radical (unpaired) electrons. The first-order valence-corrected chi connectivity index (χ1v) is 6.82. The van der Waals surface area contributed by atoms with Crippen molar-refractivity contribution in [2.45, 2.75) is 33.2 Å². The van der Waals surface area contributed by atoms with Gasteiger partial charge < -0.3 is 11.1 Å². The van der Waals surface area contributed by atoms with Crippen LogP contribution in [0.2, 0.25) is 0 Å². The van der Waals surface area contributed by atoms with Crippen molar-refractivity contribution < 1.29 is 0 Å². The zero-order valence-electron chi connectivity index (χ0n) is 11.9. The number of benzene rings is 1. The lowest BCUT2D eigenvalue weighted by Crippen LogP contribution is -2.29. The first kappa shape index (κ1) is 13.7. The van der Waals surface area contributed by atoms with Gasteiger partial charge in [0.2, 0.25) is 0 Å². The normalized spacial score (nSPS) is 12.9. The van der Waals surface area contributed by atoms with Crippen LogP contribution >= 0.6 is 0 Å². The molecule has 0 amide bonds. The molecule has 4 heteroatoms. The molecule has 0 fully saturated rings. The Kier molecular flexibility index (Phi) is 4.32. The van der Waals surface area contributed by atoms with Crippen molar-refractivity contribution in [2.75, 3.05) is 11.9 Å². The average Bonchev–Trinajstić information content (AvgIpc) is 2.41. The summed E-state index contributed by atoms with van der Waals surface area (Å²) in [6.45, 7) is 7.04. The van der Waals surface area contributed by atoms with Crippen molar-refractivity contribution in [2.24, 2.45) is 11.7 Å². The molecule has 4 nitrogen and oxygen atoms in total. The number of aromatic nitrogens is 2. The van der Waals surface area contributed by atoms with E-state index in [1.54, 1.807) is 0 Å². The zero-order chi connectivity index (χ0) is 13.8. The highest BCUT2D eigenvalue weighted by Gasteiger charge is 2.15. The third kappa shape index (κ3) is 3.01. The van der Waals surface area contributed by atoms with Gasteiger partial charge in [-0.1, -0.05) is 38.1 Å². The number of anilines is 1. The molecule has 2 rings (SSSR count). The van der Waals surface area contributed by atoms with Gasteiger partial charge in [0.05, 0.1) is 5.69 Å². The van der Waals surface area contributed by atoms with Gasteiger partial charge in [-0.3, -0.25) is 0 Å². The van der Waals surface area contributed by atoms with Crippen LogP contribution in [0.3, 0.4) is 0 Å². The van der Waals surface area contributed by atoms with Gasteiger partial charge in [0, 0.05) is 16.8 Å². The molecule has 19 heavy (non-hydrogen) atoms. The van der Waals surface area contributed by atoms with Crippen molar-refractivity contribution in [3.63, 3.8) is 0 Å². The van der Waals surface area contributed by atoms with E-state index in [0.717, 1.165) is 28.7 Å². The van der Waals surface area contributed by atoms with E-state index < -0.39 is 0 Å². The van der Waals surface area contributed by atoms with Crippen molar-refractivity contribution in [3.05, 3.63) is 30.0 Å². The van der Waals surface area contributed by atoms with Crippen molar-refractivity contribution in [3.8, 4) is 0 Å². The first-order chi connectivity index (χ1) is 9.13. The summed E-state index contributed by atoms with van der Waals surface area (Å²) in [4.78, 5) is 0. The summed E-state index contributed by atoms with van der Waals surface area (Å²) in [6, 6.07) is 8.55. The number of nitrogens with two attached hydrogens (primary N) is 1. The Labute approximate surface area is 114 Å². The molecule has 0 aliphatic rings. The summed E-state index contributed by atoms with van der Waals surface area (Å²) in [6.07, 6.45) is 0.932. The molecule has 0 bridgehead atoms. The second-order valence-electron chi connectivity index (χ2n) is 5.25. The zero-order valence-corrected chi connectivity index (χ0v) is 11.9. The maximum absolute atomic E-state index is 5.68. The van der Waals surface area contributed by atoms with Crippen LogP contribution < -0.4 is 11.1 Å². The molecule has 0 saturated heterocycles. The highest BCUT2D eigenvalue weighted by Crippen LogP contribution is 2.24. The molecule has 1 aromatic heterocycles. The molecule has 1 unspecified atom stereocenters. The van der Waals surface area contributed by atoms with Crippen LogP contribution in [0.15, 0.2) is 24.3 Å². The lowest BCUT2D eigenvalue weighted by molar-refractivity contribution is 0.497. The lowest BCUT2D eigenvalue weighted by Gasteiger charge is -2.23. The Morgan fingerprint density at radius 1 is 1.16 bits per heavy atom. The Bertz CT molecular complexity index is 551. The van der Waals surface area contributed by atoms with E-state index in [2.05, 4.69) is 41.5 Å². The third-order valence-electron chi connectivity index (χ3n) is 3.48. The molecule has 102 valence electrons. The van der Waals surface area contributed by atoms with Crippen molar-refractivity contribution >= 4 is 16.6 Å². The number of hydrogen-bond acceptors (Lipinski definition) is 4. The number of aryl methyl sites for hydroxylation is 1. The average molecular weight is 258 g/mol. The smallest absolute Gasteiger partial charge is 0.156 e. The topological polar surface area (TPSA) is 63.8 Å². The van der Waals surface area contributed by atoms with Gasteiger partial charge >= 0.3 is 0 Å². The predicted molar refractivity (Wildman–Crippen MR) is 80.2 cm³/mol. The van der Waals surface area contributed by atoms with Crippen LogP contribution in [0.25, 0.3) is 10.8 Å². The lowest BCUT2D eigenvalue weighted by atomic mass is 10.0. The van der Waals surface area contributed by atoms with Crippen LogP contribution in [0.5, 0.6) is 0 Å². The van der Waals surface area contributed by atoms with E-state index >= 15 is 0 Å². The Morgan fingerprint density at radius 2 is 1.84 bits per heavy atom. The van der Waals surface area contributed by atoms with Gasteiger partial charge in [0.15, 0.2) is 5.82 Å². The minimum atomic E-state index is 0.324. The summed E-state index contributed by atoms with van der Waals surface area (Å²) < 4.78 is 0. The first-order valence-electron chi connectivity index (χ1n) is 6.82. The molecule has 1 heterocycles. The van der Waals surface area contributed by atoms with Crippen molar-refractivity contribution in [1.29, 1.82) is 0 Å². The fraction of sp³-hybridized carbons (Fsp3) is 0.467. The van der Waals surface area contributed by atoms with Crippen LogP contribution in [-0.4, -0.2) is 22.8 Å². The minimum absolute atomic E-state index is 0.324. The summed E-state index contributed by atoms with van der Waals surface area (Å²) >= 11 is 0. The Morgan fingerprint density at radius 3 is 2.47 bits per heavy atom. The second kappa shape index (κ2) is 5.97. The minimum Gasteiger partial charge on any atom is -0.365 e. The van der Waals surface area contributed by atoms with Gasteiger partial charge in [-0.25, -0.2) is 0 Å². The molecular weight excluding hydrogens is 236 g/mol. The number of nitrogens with one attached hydrogen (secondary N) is 1. The van der Waals surface area contributed by atoms with E-state index in [9.17, 15) is 0 Å². The molecule has 0 aliphatic carbocycles. The van der Waals surface area contributed by atoms with E-state index in [1.807, 2.05) is 19.1 Å². The molecule has 0 saturated carbocycles. The molecule has 0 aliphatic heterocycles. The summed E-state index contributed by atoms with van der Waals surface area (Å²) in [7, 11) is 0. The standard InChI is InChI=1S/C15H22N4/c1-10(2)14(8-9-16)17-15-13-7-5-4-6-12(13)11(3)18-19-15/h4-7,10,14H,8-9,16H2,1-3H3,(H,17,19). The SMILES string of the molecule is Cc1nnc(NC(CCN)C(C)C)c2ccccc12. The van der Waals surface area contributed by atoms with Crippen LogP contribution in [0.1, 0.15) is 26.0 Å². The molecule has 1 atom stereocenters. The van der Waals surface area contributed by atoms with E-state index in [4.69, 9.17) is 5.73 Å².